The van der Waals surface area contributed by atoms with E-state index >= 15 is 0 Å². The van der Waals surface area contributed by atoms with Crippen molar-refractivity contribution in [3.8, 4) is 5.75 Å². The SMILES string of the molecule is COc1ccc([C@H]2C[C@H]2/C(C)=N\OC(=O)c2cccs2)cc1. The molecule has 0 spiro atoms. The number of oxime groups is 1. The number of methoxy groups -OCH3 is 1. The molecule has 1 saturated carbocycles. The summed E-state index contributed by atoms with van der Waals surface area (Å²) in [5.41, 5.74) is 2.13. The van der Waals surface area contributed by atoms with E-state index in [0.29, 0.717) is 16.7 Å². The molecule has 0 aliphatic heterocycles. The Morgan fingerprint density at radius 2 is 2.05 bits per heavy atom. The Morgan fingerprint density at radius 3 is 2.68 bits per heavy atom. The molecular weight excluding hydrogens is 298 g/mol. The van der Waals surface area contributed by atoms with E-state index in [1.54, 1.807) is 13.2 Å². The maximum atomic E-state index is 11.7. The van der Waals surface area contributed by atoms with Gasteiger partial charge in [0.1, 0.15) is 10.6 Å². The average molecular weight is 315 g/mol. The van der Waals surface area contributed by atoms with Crippen molar-refractivity contribution in [3.05, 3.63) is 52.2 Å². The number of carbonyl (C=O) groups excluding carboxylic acids is 1. The smallest absolute Gasteiger partial charge is 0.375 e. The first-order valence-corrected chi connectivity index (χ1v) is 8.00. The topological polar surface area (TPSA) is 47.9 Å². The molecule has 22 heavy (non-hydrogen) atoms. The van der Waals surface area contributed by atoms with Crippen LogP contribution in [0.1, 0.15) is 34.5 Å². The predicted molar refractivity (Wildman–Crippen MR) is 86.7 cm³/mol. The number of carbonyl (C=O) groups is 1. The van der Waals surface area contributed by atoms with E-state index in [-0.39, 0.29) is 0 Å². The fourth-order valence-corrected chi connectivity index (χ4v) is 3.09. The molecule has 2 atom stereocenters. The summed E-state index contributed by atoms with van der Waals surface area (Å²) in [4.78, 5) is 17.3. The van der Waals surface area contributed by atoms with Crippen molar-refractivity contribution in [2.75, 3.05) is 7.11 Å². The van der Waals surface area contributed by atoms with Crippen molar-refractivity contribution in [2.45, 2.75) is 19.3 Å². The maximum absolute atomic E-state index is 11.7. The summed E-state index contributed by atoms with van der Waals surface area (Å²) in [6.07, 6.45) is 1.04. The fourth-order valence-electron chi connectivity index (χ4n) is 2.50. The molecule has 1 aliphatic rings. The van der Waals surface area contributed by atoms with E-state index in [0.717, 1.165) is 17.9 Å². The van der Waals surface area contributed by atoms with Crippen molar-refractivity contribution in [1.29, 1.82) is 0 Å². The first-order valence-electron chi connectivity index (χ1n) is 7.12. The third kappa shape index (κ3) is 3.20. The molecule has 114 valence electrons. The highest BCUT2D eigenvalue weighted by molar-refractivity contribution is 7.11. The molecule has 3 rings (SSSR count). The van der Waals surface area contributed by atoms with Crippen LogP contribution in [-0.4, -0.2) is 18.8 Å². The summed E-state index contributed by atoms with van der Waals surface area (Å²) in [6.45, 7) is 1.91. The third-order valence-electron chi connectivity index (χ3n) is 3.87. The summed E-state index contributed by atoms with van der Waals surface area (Å²) in [6, 6.07) is 11.6. The highest BCUT2D eigenvalue weighted by atomic mass is 32.1. The van der Waals surface area contributed by atoms with E-state index < -0.39 is 5.97 Å². The van der Waals surface area contributed by atoms with Gasteiger partial charge in [-0.25, -0.2) is 4.79 Å². The monoisotopic (exact) mass is 315 g/mol. The first-order chi connectivity index (χ1) is 10.7. The average Bonchev–Trinajstić information content (AvgIpc) is 3.17. The standard InChI is InChI=1S/C17H17NO3S/c1-11(18-21-17(19)16-4-3-9-22-16)14-10-15(14)12-5-7-13(20-2)8-6-12/h3-9,14-15H,10H2,1-2H3/b18-11-/t14-,15+/m0/s1. The summed E-state index contributed by atoms with van der Waals surface area (Å²) >= 11 is 1.35. The minimum Gasteiger partial charge on any atom is -0.497 e. The Labute approximate surface area is 133 Å². The van der Waals surface area contributed by atoms with E-state index in [4.69, 9.17) is 9.57 Å². The maximum Gasteiger partial charge on any atom is 0.375 e. The Hall–Kier alpha value is -2.14. The van der Waals surface area contributed by atoms with Gasteiger partial charge in [0, 0.05) is 5.92 Å². The summed E-state index contributed by atoms with van der Waals surface area (Å²) in [5.74, 6) is 1.27. The minimum atomic E-state index is -0.393. The zero-order chi connectivity index (χ0) is 15.5. The second-order valence-corrected chi connectivity index (χ2v) is 6.26. The first kappa shape index (κ1) is 14.8. The molecule has 0 bridgehead atoms. The van der Waals surface area contributed by atoms with Crippen LogP contribution in [0.3, 0.4) is 0 Å². The van der Waals surface area contributed by atoms with Gasteiger partial charge in [-0.2, -0.15) is 0 Å². The lowest BCUT2D eigenvalue weighted by molar-refractivity contribution is 0.0520. The van der Waals surface area contributed by atoms with Gasteiger partial charge < -0.3 is 9.57 Å². The highest BCUT2D eigenvalue weighted by Crippen LogP contribution is 2.48. The number of hydrogen-bond acceptors (Lipinski definition) is 5. The van der Waals surface area contributed by atoms with Gasteiger partial charge in [-0.05, 0) is 48.4 Å². The number of benzene rings is 1. The number of rotatable bonds is 5. The Balaban J connectivity index is 1.58. The minimum absolute atomic E-state index is 0.351. The van der Waals surface area contributed by atoms with Gasteiger partial charge in [-0.3, -0.25) is 0 Å². The second kappa shape index (κ2) is 6.32. The van der Waals surface area contributed by atoms with E-state index in [1.165, 1.54) is 16.9 Å². The molecule has 0 unspecified atom stereocenters. The van der Waals surface area contributed by atoms with Crippen LogP contribution in [0.4, 0.5) is 0 Å². The molecule has 5 heteroatoms. The summed E-state index contributed by atoms with van der Waals surface area (Å²) in [7, 11) is 1.66. The number of thiophene rings is 1. The van der Waals surface area contributed by atoms with Crippen LogP contribution in [0.25, 0.3) is 0 Å². The second-order valence-electron chi connectivity index (χ2n) is 5.31. The zero-order valence-electron chi connectivity index (χ0n) is 12.5. The molecule has 0 radical (unpaired) electrons. The Bertz CT molecular complexity index is 676. The van der Waals surface area contributed by atoms with Crippen molar-refractivity contribution in [3.63, 3.8) is 0 Å². The van der Waals surface area contributed by atoms with Gasteiger partial charge in [-0.1, -0.05) is 23.4 Å². The van der Waals surface area contributed by atoms with Crippen LogP contribution in [0, 0.1) is 5.92 Å². The largest absolute Gasteiger partial charge is 0.497 e. The van der Waals surface area contributed by atoms with Crippen LogP contribution in [0.5, 0.6) is 5.75 Å². The van der Waals surface area contributed by atoms with Crippen molar-refractivity contribution >= 4 is 23.0 Å². The molecule has 1 aromatic heterocycles. The van der Waals surface area contributed by atoms with Crippen molar-refractivity contribution in [2.24, 2.45) is 11.1 Å². The van der Waals surface area contributed by atoms with Crippen LogP contribution < -0.4 is 4.74 Å². The number of hydrogen-bond donors (Lipinski definition) is 0. The van der Waals surface area contributed by atoms with Gasteiger partial charge in [0.15, 0.2) is 0 Å². The van der Waals surface area contributed by atoms with E-state index in [9.17, 15) is 4.79 Å². The molecule has 1 aromatic carbocycles. The molecule has 4 nitrogen and oxygen atoms in total. The van der Waals surface area contributed by atoms with Gasteiger partial charge in [0.2, 0.25) is 0 Å². The summed E-state index contributed by atoms with van der Waals surface area (Å²) < 4.78 is 5.16. The van der Waals surface area contributed by atoms with Crippen LogP contribution in [-0.2, 0) is 4.84 Å². The molecule has 1 fully saturated rings. The zero-order valence-corrected chi connectivity index (χ0v) is 13.3. The Kier molecular flexibility index (Phi) is 4.24. The molecule has 2 aromatic rings. The highest BCUT2D eigenvalue weighted by Gasteiger charge is 2.40. The number of ether oxygens (including phenoxy) is 1. The molecular formula is C17H17NO3S. The van der Waals surface area contributed by atoms with E-state index in [2.05, 4.69) is 17.3 Å². The van der Waals surface area contributed by atoms with Gasteiger partial charge in [0.25, 0.3) is 0 Å². The van der Waals surface area contributed by atoms with Crippen molar-refractivity contribution in [1.82, 2.24) is 0 Å². The van der Waals surface area contributed by atoms with E-state index in [1.807, 2.05) is 30.5 Å². The van der Waals surface area contributed by atoms with Crippen LogP contribution >= 0.6 is 11.3 Å². The lowest BCUT2D eigenvalue weighted by Crippen LogP contribution is -2.03. The van der Waals surface area contributed by atoms with Crippen LogP contribution in [0.15, 0.2) is 46.9 Å². The lowest BCUT2D eigenvalue weighted by Gasteiger charge is -2.03. The number of nitrogens with zero attached hydrogens (tertiary/aromatic N) is 1. The molecule has 0 N–H and O–H groups in total. The third-order valence-corrected chi connectivity index (χ3v) is 4.72. The molecule has 0 saturated heterocycles. The van der Waals surface area contributed by atoms with Crippen LogP contribution in [0.2, 0.25) is 0 Å². The molecule has 0 amide bonds. The van der Waals surface area contributed by atoms with Gasteiger partial charge >= 0.3 is 5.97 Å². The summed E-state index contributed by atoms with van der Waals surface area (Å²) in [5, 5.41) is 5.84. The van der Waals surface area contributed by atoms with Gasteiger partial charge in [0.05, 0.1) is 12.8 Å². The molecule has 1 aliphatic carbocycles. The lowest BCUT2D eigenvalue weighted by atomic mass is 10.1. The van der Waals surface area contributed by atoms with Gasteiger partial charge in [-0.15, -0.1) is 11.3 Å². The predicted octanol–water partition coefficient (Wildman–Crippen LogP) is 4.09. The quantitative estimate of drug-likeness (QED) is 0.474. The molecule has 1 heterocycles. The normalized spacial score (nSPS) is 20.5. The fraction of sp³-hybridized carbons (Fsp3) is 0.294. The van der Waals surface area contributed by atoms with Crippen molar-refractivity contribution < 1.29 is 14.4 Å². The Morgan fingerprint density at radius 1 is 1.27 bits per heavy atom.